The first-order valence-corrected chi connectivity index (χ1v) is 12.6. The first kappa shape index (κ1) is 28.1. The van der Waals surface area contributed by atoms with Crippen LogP contribution in [0.1, 0.15) is 30.2 Å². The highest BCUT2D eigenvalue weighted by molar-refractivity contribution is 5.26. The van der Waals surface area contributed by atoms with E-state index >= 15 is 0 Å². The van der Waals surface area contributed by atoms with E-state index in [0.29, 0.717) is 18.6 Å². The fourth-order valence-corrected chi connectivity index (χ4v) is 4.47. The van der Waals surface area contributed by atoms with Gasteiger partial charge in [0, 0.05) is 23.7 Å². The number of ether oxygens (including phenoxy) is 4. The third-order valence-electron chi connectivity index (χ3n) is 6.46. The standard InChI is InChI=1S/C27H31N5O7/c1-36-20-11-9-19(10-12-20)17-38-25-23(34)26(32-15-13-22(33)30-27(32)35)39-24(25)21(8-5-14-29-31-28)37-16-18-6-3-2-4-7-18/h2-4,6-7,9-13,15,21,23-26,34H,5,8,14,16-17H2,1H3,(H,30,33,35)/t21?,23-,24-,25+,26-/m1/s1. The Morgan fingerprint density at radius 2 is 1.85 bits per heavy atom. The summed E-state index contributed by atoms with van der Waals surface area (Å²) in [5.41, 5.74) is 9.18. The van der Waals surface area contributed by atoms with E-state index in [-0.39, 0.29) is 19.8 Å². The minimum absolute atomic E-state index is 0.156. The summed E-state index contributed by atoms with van der Waals surface area (Å²) < 4.78 is 25.1. The number of benzene rings is 2. The molecule has 206 valence electrons. The molecule has 5 atom stereocenters. The van der Waals surface area contributed by atoms with Crippen LogP contribution in [0.5, 0.6) is 5.75 Å². The van der Waals surface area contributed by atoms with Gasteiger partial charge in [-0.15, -0.1) is 0 Å². The number of H-pyrrole nitrogens is 1. The number of methoxy groups -OCH3 is 1. The molecule has 4 rings (SSSR count). The van der Waals surface area contributed by atoms with Gasteiger partial charge in [-0.1, -0.05) is 47.6 Å². The number of hydrogen-bond acceptors (Lipinski definition) is 8. The van der Waals surface area contributed by atoms with Crippen LogP contribution in [0.4, 0.5) is 0 Å². The van der Waals surface area contributed by atoms with Gasteiger partial charge in [0.05, 0.1) is 26.4 Å². The van der Waals surface area contributed by atoms with E-state index in [2.05, 4.69) is 15.0 Å². The number of aromatic amines is 1. The lowest BCUT2D eigenvalue weighted by molar-refractivity contribution is -0.127. The largest absolute Gasteiger partial charge is 0.497 e. The smallest absolute Gasteiger partial charge is 0.330 e. The second-order valence-electron chi connectivity index (χ2n) is 9.05. The molecule has 39 heavy (non-hydrogen) atoms. The van der Waals surface area contributed by atoms with Crippen molar-refractivity contribution in [2.24, 2.45) is 5.11 Å². The van der Waals surface area contributed by atoms with E-state index in [1.54, 1.807) is 7.11 Å². The van der Waals surface area contributed by atoms with Crippen molar-refractivity contribution in [3.05, 3.63) is 109 Å². The summed E-state index contributed by atoms with van der Waals surface area (Å²) in [7, 11) is 1.58. The number of aliphatic hydroxyl groups is 1. The third-order valence-corrected chi connectivity index (χ3v) is 6.46. The van der Waals surface area contributed by atoms with Gasteiger partial charge in [-0.25, -0.2) is 4.79 Å². The van der Waals surface area contributed by atoms with Crippen molar-refractivity contribution in [3.63, 3.8) is 0 Å². The molecule has 3 aromatic rings. The van der Waals surface area contributed by atoms with Crippen molar-refractivity contribution < 1.29 is 24.1 Å². The van der Waals surface area contributed by atoms with Gasteiger partial charge in [0.2, 0.25) is 0 Å². The molecular formula is C27H31N5O7. The molecule has 0 aliphatic carbocycles. The maximum atomic E-state index is 12.5. The molecule has 1 aliphatic rings. The van der Waals surface area contributed by atoms with Crippen LogP contribution in [0.25, 0.3) is 10.4 Å². The quantitative estimate of drug-likeness (QED) is 0.147. The number of nitrogens with one attached hydrogen (secondary N) is 1. The van der Waals surface area contributed by atoms with Crippen LogP contribution in [-0.4, -0.2) is 52.7 Å². The molecular weight excluding hydrogens is 506 g/mol. The summed E-state index contributed by atoms with van der Waals surface area (Å²) in [6.07, 6.45) is -2.38. The molecule has 0 spiro atoms. The molecule has 12 heteroatoms. The zero-order chi connectivity index (χ0) is 27.6. The Morgan fingerprint density at radius 1 is 1.10 bits per heavy atom. The highest BCUT2D eigenvalue weighted by atomic mass is 16.6. The highest BCUT2D eigenvalue weighted by Crippen LogP contribution is 2.35. The van der Waals surface area contributed by atoms with E-state index in [0.717, 1.165) is 15.7 Å². The first-order chi connectivity index (χ1) is 19.0. The van der Waals surface area contributed by atoms with Crippen LogP contribution in [0.15, 0.2) is 81.6 Å². The van der Waals surface area contributed by atoms with Crippen LogP contribution in [0.2, 0.25) is 0 Å². The van der Waals surface area contributed by atoms with Gasteiger partial charge in [-0.05, 0) is 41.6 Å². The monoisotopic (exact) mass is 537 g/mol. The lowest BCUT2D eigenvalue weighted by Gasteiger charge is -2.28. The zero-order valence-corrected chi connectivity index (χ0v) is 21.5. The predicted molar refractivity (Wildman–Crippen MR) is 141 cm³/mol. The molecule has 1 aromatic heterocycles. The summed E-state index contributed by atoms with van der Waals surface area (Å²) in [6, 6.07) is 18.1. The maximum Gasteiger partial charge on any atom is 0.330 e. The molecule has 0 amide bonds. The normalized spacial score (nSPS) is 21.3. The molecule has 1 unspecified atom stereocenters. The SMILES string of the molecule is COc1ccc(CO[C@H]2[C@@H](O)[C@H](n3ccc(=O)[nH]c3=O)O[C@@H]2C(CCCN=[N+]=[N-])OCc2ccccc2)cc1. The number of azide groups is 1. The Balaban J connectivity index is 1.60. The summed E-state index contributed by atoms with van der Waals surface area (Å²) in [5, 5.41) is 14.9. The van der Waals surface area contributed by atoms with Crippen LogP contribution < -0.4 is 16.0 Å². The Labute approximate surface area is 224 Å². The predicted octanol–water partition coefficient (Wildman–Crippen LogP) is 3.06. The summed E-state index contributed by atoms with van der Waals surface area (Å²) in [4.78, 5) is 29.1. The van der Waals surface area contributed by atoms with Gasteiger partial charge < -0.3 is 24.1 Å². The first-order valence-electron chi connectivity index (χ1n) is 12.6. The van der Waals surface area contributed by atoms with Gasteiger partial charge in [-0.2, -0.15) is 0 Å². The Bertz CT molecular complexity index is 1360. The molecule has 0 bridgehead atoms. The number of aromatic nitrogens is 2. The minimum Gasteiger partial charge on any atom is -0.497 e. The molecule has 0 saturated carbocycles. The van der Waals surface area contributed by atoms with Crippen molar-refractivity contribution in [2.45, 2.75) is 56.7 Å². The fourth-order valence-electron chi connectivity index (χ4n) is 4.47. The number of rotatable bonds is 13. The second-order valence-corrected chi connectivity index (χ2v) is 9.05. The summed E-state index contributed by atoms with van der Waals surface area (Å²) in [5.74, 6) is 0.702. The average Bonchev–Trinajstić information content (AvgIpc) is 3.27. The maximum absolute atomic E-state index is 12.5. The van der Waals surface area contributed by atoms with Crippen LogP contribution >= 0.6 is 0 Å². The lowest BCUT2D eigenvalue weighted by atomic mass is 10.0. The van der Waals surface area contributed by atoms with Gasteiger partial charge in [0.15, 0.2) is 6.23 Å². The van der Waals surface area contributed by atoms with Crippen molar-refractivity contribution in [2.75, 3.05) is 13.7 Å². The summed E-state index contributed by atoms with van der Waals surface area (Å²) >= 11 is 0. The molecule has 12 nitrogen and oxygen atoms in total. The topological polar surface area (TPSA) is 161 Å². The number of nitrogens with zero attached hydrogens (tertiary/aromatic N) is 4. The number of hydrogen-bond donors (Lipinski definition) is 2. The third kappa shape index (κ3) is 7.34. The lowest BCUT2D eigenvalue weighted by Crippen LogP contribution is -2.42. The number of aliphatic hydroxyl groups excluding tert-OH is 1. The Kier molecular flexibility index (Phi) is 9.90. The van der Waals surface area contributed by atoms with E-state index in [1.165, 1.54) is 12.3 Å². The second kappa shape index (κ2) is 13.7. The van der Waals surface area contributed by atoms with Crippen molar-refractivity contribution >= 4 is 0 Å². The molecule has 0 radical (unpaired) electrons. The van der Waals surface area contributed by atoms with E-state index in [9.17, 15) is 14.7 Å². The van der Waals surface area contributed by atoms with Crippen LogP contribution in [-0.2, 0) is 27.4 Å². The average molecular weight is 538 g/mol. The molecule has 1 saturated heterocycles. The van der Waals surface area contributed by atoms with Crippen molar-refractivity contribution in [3.8, 4) is 5.75 Å². The molecule has 2 N–H and O–H groups in total. The Hall–Kier alpha value is -3.93. The molecule has 1 aliphatic heterocycles. The summed E-state index contributed by atoms with van der Waals surface area (Å²) in [6.45, 7) is 0.692. The molecule has 2 heterocycles. The van der Waals surface area contributed by atoms with Crippen molar-refractivity contribution in [1.82, 2.24) is 9.55 Å². The van der Waals surface area contributed by atoms with Gasteiger partial charge in [0.25, 0.3) is 5.56 Å². The van der Waals surface area contributed by atoms with E-state index < -0.39 is 41.9 Å². The van der Waals surface area contributed by atoms with Gasteiger partial charge >= 0.3 is 5.69 Å². The minimum atomic E-state index is -1.25. The molecule has 1 fully saturated rings. The van der Waals surface area contributed by atoms with Crippen LogP contribution in [0, 0.1) is 0 Å². The highest BCUT2D eigenvalue weighted by Gasteiger charge is 2.49. The Morgan fingerprint density at radius 3 is 2.54 bits per heavy atom. The van der Waals surface area contributed by atoms with Crippen molar-refractivity contribution in [1.29, 1.82) is 0 Å². The zero-order valence-electron chi connectivity index (χ0n) is 21.5. The van der Waals surface area contributed by atoms with Crippen LogP contribution in [0.3, 0.4) is 0 Å². The van der Waals surface area contributed by atoms with Gasteiger partial charge in [0.1, 0.15) is 24.1 Å². The molecule has 2 aromatic carbocycles. The van der Waals surface area contributed by atoms with E-state index in [4.69, 9.17) is 24.5 Å². The van der Waals surface area contributed by atoms with E-state index in [1.807, 2.05) is 54.6 Å². The van der Waals surface area contributed by atoms with Gasteiger partial charge in [-0.3, -0.25) is 14.3 Å². The fraction of sp³-hybridized carbons (Fsp3) is 0.407.